The van der Waals surface area contributed by atoms with Gasteiger partial charge in [-0.25, -0.2) is 4.79 Å². The number of carbonyl (C=O) groups is 3. The molecule has 0 aliphatic rings. The fourth-order valence-electron chi connectivity index (χ4n) is 4.52. The van der Waals surface area contributed by atoms with Gasteiger partial charge in [0.1, 0.15) is 18.2 Å². The van der Waals surface area contributed by atoms with Crippen LogP contribution in [0.3, 0.4) is 0 Å². The van der Waals surface area contributed by atoms with Crippen molar-refractivity contribution in [3.05, 3.63) is 58.8 Å². The Hall–Kier alpha value is -3.69. The molecule has 2 aromatic carbocycles. The highest BCUT2D eigenvalue weighted by Gasteiger charge is 2.21. The normalized spacial score (nSPS) is 12.1. The van der Waals surface area contributed by atoms with Crippen molar-refractivity contribution in [1.29, 1.82) is 0 Å². The van der Waals surface area contributed by atoms with E-state index in [-0.39, 0.29) is 11.7 Å². The molecule has 0 saturated heterocycles. The Morgan fingerprint density at radius 3 is 2.50 bits per heavy atom. The lowest BCUT2D eigenvalue weighted by Gasteiger charge is -2.15. The molecule has 1 atom stereocenters. The molecule has 3 rings (SSSR count). The van der Waals surface area contributed by atoms with Gasteiger partial charge in [0.2, 0.25) is 5.91 Å². The molecule has 0 bridgehead atoms. The van der Waals surface area contributed by atoms with Crippen LogP contribution in [0.2, 0.25) is 0 Å². The zero-order valence-corrected chi connectivity index (χ0v) is 22.5. The van der Waals surface area contributed by atoms with Crippen molar-refractivity contribution >= 4 is 34.4 Å². The van der Waals surface area contributed by atoms with E-state index >= 15 is 0 Å². The largest absolute Gasteiger partial charge is 0.508 e. The molecular formula is C29H38N4O5. The van der Waals surface area contributed by atoms with Crippen LogP contribution < -0.4 is 16.8 Å². The van der Waals surface area contributed by atoms with Gasteiger partial charge in [-0.15, -0.1) is 0 Å². The molecule has 9 nitrogen and oxygen atoms in total. The zero-order valence-electron chi connectivity index (χ0n) is 22.5. The van der Waals surface area contributed by atoms with E-state index < -0.39 is 30.3 Å². The maximum absolute atomic E-state index is 12.6. The first-order valence-corrected chi connectivity index (χ1v) is 12.9. The van der Waals surface area contributed by atoms with Crippen molar-refractivity contribution in [2.24, 2.45) is 11.5 Å². The molecule has 1 amide bonds. The summed E-state index contributed by atoms with van der Waals surface area (Å²) < 4.78 is 6.93. The number of anilines is 1. The number of esters is 2. The maximum Gasteiger partial charge on any atom is 0.330 e. The van der Waals surface area contributed by atoms with Crippen LogP contribution in [0.1, 0.15) is 67.8 Å². The summed E-state index contributed by atoms with van der Waals surface area (Å²) in [6.07, 6.45) is 1.12. The molecule has 0 radical (unpaired) electrons. The highest BCUT2D eigenvalue weighted by atomic mass is 16.6. The van der Waals surface area contributed by atoms with E-state index in [2.05, 4.69) is 9.88 Å². The summed E-state index contributed by atoms with van der Waals surface area (Å²) in [7, 11) is 0. The number of benzene rings is 2. The predicted molar refractivity (Wildman–Crippen MR) is 148 cm³/mol. The Labute approximate surface area is 223 Å². The van der Waals surface area contributed by atoms with Crippen LogP contribution in [0.25, 0.3) is 10.9 Å². The van der Waals surface area contributed by atoms with Crippen molar-refractivity contribution in [1.82, 2.24) is 4.57 Å². The number of carbonyl (C=O) groups excluding carboxylic acids is 3. The van der Waals surface area contributed by atoms with Gasteiger partial charge in [0, 0.05) is 17.6 Å². The van der Waals surface area contributed by atoms with Crippen molar-refractivity contribution in [3.63, 3.8) is 0 Å². The van der Waals surface area contributed by atoms with Crippen molar-refractivity contribution < 1.29 is 24.2 Å². The number of ether oxygens (including phenoxy) is 1. The third-order valence-electron chi connectivity index (χ3n) is 6.59. The number of rotatable bonds is 11. The summed E-state index contributed by atoms with van der Waals surface area (Å²) in [6, 6.07) is 10.4. The topological polar surface area (TPSA) is 150 Å². The average molecular weight is 523 g/mol. The number of hydrogen-bond donors (Lipinski definition) is 4. The second-order valence-corrected chi connectivity index (χ2v) is 10.0. The quantitative estimate of drug-likeness (QED) is 0.169. The van der Waals surface area contributed by atoms with Gasteiger partial charge in [0.15, 0.2) is 0 Å². The highest BCUT2D eigenvalue weighted by molar-refractivity contribution is 6.08. The number of fused-ring (bicyclic) bond motifs is 1. The summed E-state index contributed by atoms with van der Waals surface area (Å²) >= 11 is 0. The van der Waals surface area contributed by atoms with Crippen molar-refractivity contribution in [3.8, 4) is 5.75 Å². The molecule has 9 heteroatoms. The van der Waals surface area contributed by atoms with Gasteiger partial charge in [0.05, 0.1) is 11.2 Å². The molecule has 0 unspecified atom stereocenters. The smallest absolute Gasteiger partial charge is 0.330 e. The molecule has 1 heterocycles. The summed E-state index contributed by atoms with van der Waals surface area (Å²) in [5.41, 5.74) is 16.7. The van der Waals surface area contributed by atoms with E-state index in [1.54, 1.807) is 12.1 Å². The number of aromatic hydroxyl groups is 1. The SMILES string of the molecule is Cc1ccc(NC(=O)CC(=O)OC(=O)[C@@H](N)CCCCN)c2cc(C)n(Cc3ccc(O)c(C(C)C)c3)c12. The Morgan fingerprint density at radius 2 is 1.82 bits per heavy atom. The number of phenolic OH excluding ortho intramolecular Hbond substituents is 1. The number of nitrogens with zero attached hydrogens (tertiary/aromatic N) is 1. The Bertz CT molecular complexity index is 1330. The summed E-state index contributed by atoms with van der Waals surface area (Å²) in [4.78, 5) is 36.8. The van der Waals surface area contributed by atoms with Gasteiger partial charge >= 0.3 is 11.9 Å². The lowest BCUT2D eigenvalue weighted by molar-refractivity contribution is -0.161. The lowest BCUT2D eigenvalue weighted by Crippen LogP contribution is -2.34. The second-order valence-electron chi connectivity index (χ2n) is 10.0. The van der Waals surface area contributed by atoms with E-state index in [0.717, 1.165) is 39.7 Å². The lowest BCUT2D eigenvalue weighted by atomic mass is 9.99. The van der Waals surface area contributed by atoms with Crippen LogP contribution in [0, 0.1) is 13.8 Å². The third-order valence-corrected chi connectivity index (χ3v) is 6.59. The zero-order chi connectivity index (χ0) is 28.0. The number of hydrogen-bond acceptors (Lipinski definition) is 7. The minimum atomic E-state index is -0.952. The fourth-order valence-corrected chi connectivity index (χ4v) is 4.52. The van der Waals surface area contributed by atoms with Crippen LogP contribution in [0.4, 0.5) is 5.69 Å². The Kier molecular flexibility index (Phi) is 9.66. The van der Waals surface area contributed by atoms with Crippen LogP contribution in [-0.4, -0.2) is 40.1 Å². The van der Waals surface area contributed by atoms with E-state index in [4.69, 9.17) is 16.2 Å². The molecule has 0 aliphatic heterocycles. The number of unbranched alkanes of at least 4 members (excludes halogenated alkanes) is 1. The monoisotopic (exact) mass is 522 g/mol. The third kappa shape index (κ3) is 6.99. The molecular weight excluding hydrogens is 484 g/mol. The van der Waals surface area contributed by atoms with Crippen molar-refractivity contribution in [2.45, 2.75) is 71.9 Å². The predicted octanol–water partition coefficient (Wildman–Crippen LogP) is 3.99. The Balaban J connectivity index is 1.74. The first-order valence-electron chi connectivity index (χ1n) is 12.9. The summed E-state index contributed by atoms with van der Waals surface area (Å²) in [5.74, 6) is -1.91. The van der Waals surface area contributed by atoms with Gasteiger partial charge in [-0.05, 0) is 74.0 Å². The maximum atomic E-state index is 12.6. The van der Waals surface area contributed by atoms with Crippen molar-refractivity contribution in [2.75, 3.05) is 11.9 Å². The van der Waals surface area contributed by atoms with Crippen LogP contribution in [0.15, 0.2) is 36.4 Å². The molecule has 204 valence electrons. The molecule has 6 N–H and O–H groups in total. The molecule has 0 aliphatic carbocycles. The van der Waals surface area contributed by atoms with Gasteiger partial charge in [-0.3, -0.25) is 9.59 Å². The van der Waals surface area contributed by atoms with Crippen LogP contribution >= 0.6 is 0 Å². The standard InChI is InChI=1S/C29H38N4O5/c1-17(2)21-14-20(9-11-25(21)34)16-33-19(4)13-22-24(10-8-18(3)28(22)33)32-26(35)15-27(36)38-29(37)23(31)7-5-6-12-30/h8-11,13-14,17,23,34H,5-7,12,15-16,30-31H2,1-4H3,(H,32,35)/t23-/m0/s1. The molecule has 0 saturated carbocycles. The molecule has 38 heavy (non-hydrogen) atoms. The van der Waals surface area contributed by atoms with E-state index in [1.807, 2.05) is 52.0 Å². The molecule has 0 spiro atoms. The number of aryl methyl sites for hydroxylation is 2. The first kappa shape index (κ1) is 28.9. The van der Waals surface area contributed by atoms with Crippen LogP contribution in [-0.2, 0) is 25.7 Å². The van der Waals surface area contributed by atoms with Crippen LogP contribution in [0.5, 0.6) is 5.75 Å². The number of aromatic nitrogens is 1. The second kappa shape index (κ2) is 12.7. The minimum absolute atomic E-state index is 0.190. The van der Waals surface area contributed by atoms with Gasteiger partial charge in [-0.2, -0.15) is 0 Å². The van der Waals surface area contributed by atoms with E-state index in [1.165, 1.54) is 0 Å². The molecule has 3 aromatic rings. The first-order chi connectivity index (χ1) is 18.0. The number of amides is 1. The number of phenols is 1. The summed E-state index contributed by atoms with van der Waals surface area (Å²) in [6.45, 7) is 9.16. The summed E-state index contributed by atoms with van der Waals surface area (Å²) in [5, 5.41) is 13.8. The highest BCUT2D eigenvalue weighted by Crippen LogP contribution is 2.32. The number of nitrogens with two attached hydrogens (primary N) is 2. The van der Waals surface area contributed by atoms with Gasteiger partial charge in [-0.1, -0.05) is 38.5 Å². The average Bonchev–Trinajstić information content (AvgIpc) is 3.18. The van der Waals surface area contributed by atoms with Gasteiger partial charge in [0.25, 0.3) is 0 Å². The molecule has 1 aromatic heterocycles. The Morgan fingerprint density at radius 1 is 1.08 bits per heavy atom. The fraction of sp³-hybridized carbons (Fsp3) is 0.414. The minimum Gasteiger partial charge on any atom is -0.508 e. The van der Waals surface area contributed by atoms with E-state index in [9.17, 15) is 19.5 Å². The van der Waals surface area contributed by atoms with E-state index in [0.29, 0.717) is 31.6 Å². The van der Waals surface area contributed by atoms with Gasteiger partial charge < -0.3 is 31.2 Å². The molecule has 0 fully saturated rings. The number of nitrogens with one attached hydrogen (secondary N) is 1.